The number of unbranched alkanes of at least 4 members (excludes halogenated alkanes) is 3. The molecule has 0 aromatic rings. The van der Waals surface area contributed by atoms with Crippen LogP contribution in [0.15, 0.2) is 0 Å². The van der Waals surface area contributed by atoms with E-state index in [0.717, 1.165) is 19.3 Å². The molecule has 0 aliphatic heterocycles. The number of halogens is 3. The van der Waals surface area contributed by atoms with Gasteiger partial charge in [0.1, 0.15) is 0 Å². The summed E-state index contributed by atoms with van der Waals surface area (Å²) in [5.74, 6) is -0.675. The Bertz CT molecular complexity index is 115. The van der Waals surface area contributed by atoms with Crippen molar-refractivity contribution in [3.63, 3.8) is 0 Å². The van der Waals surface area contributed by atoms with E-state index < -0.39 is 10.3 Å². The third kappa shape index (κ3) is 32.8. The van der Waals surface area contributed by atoms with Crippen LogP contribution < -0.4 is 0 Å². The summed E-state index contributed by atoms with van der Waals surface area (Å²) in [5.41, 5.74) is 0. The molecule has 80 valence electrons. The van der Waals surface area contributed by atoms with Gasteiger partial charge in [0.15, 0.2) is 4.30 Å². The largest absolute Gasteiger partial charge is 0.481 e. The summed E-state index contributed by atoms with van der Waals surface area (Å²) in [5, 5.41) is 8.21. The summed E-state index contributed by atoms with van der Waals surface area (Å²) in [7, 11) is 0. The smallest absolute Gasteiger partial charge is 0.303 e. The molecule has 0 radical (unpaired) electrons. The van der Waals surface area contributed by atoms with Gasteiger partial charge in [0.25, 0.3) is 0 Å². The van der Waals surface area contributed by atoms with Crippen molar-refractivity contribution < 1.29 is 9.90 Å². The predicted molar refractivity (Wildman–Crippen MR) is 57.7 cm³/mol. The van der Waals surface area contributed by atoms with Crippen molar-refractivity contribution in [2.75, 3.05) is 0 Å². The van der Waals surface area contributed by atoms with Gasteiger partial charge in [-0.2, -0.15) is 0 Å². The van der Waals surface area contributed by atoms with Crippen LogP contribution in [0, 0.1) is 0 Å². The summed E-state index contributed by atoms with van der Waals surface area (Å²) < 4.78 is -0.750. The van der Waals surface area contributed by atoms with Gasteiger partial charge in [-0.05, 0) is 6.42 Å². The number of rotatable bonds is 5. The molecule has 0 aromatic heterocycles. The minimum atomic E-state index is -0.750. The molecule has 0 bridgehead atoms. The summed E-state index contributed by atoms with van der Waals surface area (Å²) in [6.07, 6.45) is 4.55. The van der Waals surface area contributed by atoms with Gasteiger partial charge >= 0.3 is 5.97 Å². The second-order valence-electron chi connectivity index (χ2n) is 2.45. The number of carbonyl (C=O) groups is 1. The monoisotopic (exact) mass is 248 g/mol. The lowest BCUT2D eigenvalue weighted by atomic mass is 10.2. The van der Waals surface area contributed by atoms with Gasteiger partial charge < -0.3 is 5.11 Å². The first-order valence-electron chi connectivity index (χ1n) is 4.14. The van der Waals surface area contributed by atoms with Crippen molar-refractivity contribution in [2.24, 2.45) is 0 Å². The van der Waals surface area contributed by atoms with E-state index in [4.69, 9.17) is 39.9 Å². The van der Waals surface area contributed by atoms with Crippen LogP contribution in [0.3, 0.4) is 0 Å². The highest BCUT2D eigenvalue weighted by Gasteiger charge is 1.93. The molecule has 0 fully saturated rings. The first-order chi connectivity index (χ1) is 6.00. The first kappa shape index (κ1) is 15.8. The molecule has 0 rings (SSSR count). The third-order valence-corrected chi connectivity index (χ3v) is 1.24. The van der Waals surface area contributed by atoms with Crippen LogP contribution in [-0.2, 0) is 4.79 Å². The minimum Gasteiger partial charge on any atom is -0.481 e. The molecule has 0 aliphatic rings. The molecule has 0 atom stereocenters. The second kappa shape index (κ2) is 12.3. The van der Waals surface area contributed by atoms with Gasteiger partial charge in [0.05, 0.1) is 0 Å². The van der Waals surface area contributed by atoms with Gasteiger partial charge in [-0.3, -0.25) is 4.79 Å². The van der Waals surface area contributed by atoms with Crippen LogP contribution in [-0.4, -0.2) is 15.4 Å². The number of hydrogen-bond acceptors (Lipinski definition) is 1. The van der Waals surface area contributed by atoms with Crippen molar-refractivity contribution in [3.05, 3.63) is 0 Å². The van der Waals surface area contributed by atoms with Gasteiger partial charge in [0, 0.05) is 6.42 Å². The number of carboxylic acids is 1. The molecule has 0 saturated carbocycles. The van der Waals surface area contributed by atoms with Crippen LogP contribution in [0.25, 0.3) is 0 Å². The zero-order valence-corrected chi connectivity index (χ0v) is 9.87. The van der Waals surface area contributed by atoms with Crippen molar-refractivity contribution >= 4 is 40.8 Å². The molecule has 5 heteroatoms. The van der Waals surface area contributed by atoms with E-state index in [9.17, 15) is 4.79 Å². The highest BCUT2D eigenvalue weighted by molar-refractivity contribution is 6.63. The fourth-order valence-corrected chi connectivity index (χ4v) is 0.703. The predicted octanol–water partition coefficient (Wildman–Crippen LogP) is 4.03. The van der Waals surface area contributed by atoms with E-state index in [0.29, 0.717) is 6.42 Å². The maximum absolute atomic E-state index is 9.96. The molecule has 0 saturated heterocycles. The fraction of sp³-hybridized carbons (Fsp3) is 0.875. The Labute approximate surface area is 94.2 Å². The number of carboxylic acid groups (broad SMARTS) is 1. The third-order valence-electron chi connectivity index (χ3n) is 1.24. The summed E-state index contributed by atoms with van der Waals surface area (Å²) in [4.78, 5) is 9.96. The average Bonchev–Trinajstić information content (AvgIpc) is 1.97. The normalized spacial score (nSPS) is 9.31. The van der Waals surface area contributed by atoms with E-state index in [-0.39, 0.29) is 0 Å². The van der Waals surface area contributed by atoms with Crippen molar-refractivity contribution in [3.8, 4) is 0 Å². The lowest BCUT2D eigenvalue weighted by Crippen LogP contribution is -1.92. The Morgan fingerprint density at radius 2 is 1.69 bits per heavy atom. The van der Waals surface area contributed by atoms with Crippen molar-refractivity contribution in [1.29, 1.82) is 0 Å². The van der Waals surface area contributed by atoms with Gasteiger partial charge in [-0.25, -0.2) is 0 Å². The lowest BCUT2D eigenvalue weighted by Gasteiger charge is -1.92. The molecule has 0 amide bonds. The number of aliphatic carboxylic acids is 1. The average molecular weight is 250 g/mol. The Kier molecular flexibility index (Phi) is 15.0. The second-order valence-corrected chi connectivity index (χ2v) is 4.43. The van der Waals surface area contributed by atoms with Crippen LogP contribution in [0.2, 0.25) is 0 Å². The quantitative estimate of drug-likeness (QED) is 0.590. The van der Waals surface area contributed by atoms with Crippen molar-refractivity contribution in [2.45, 2.75) is 43.3 Å². The van der Waals surface area contributed by atoms with Crippen LogP contribution in [0.5, 0.6) is 0 Å². The molecule has 0 aromatic carbocycles. The Balaban J connectivity index is 0. The summed E-state index contributed by atoms with van der Waals surface area (Å²) in [6.45, 7) is 2.11. The highest BCUT2D eigenvalue weighted by atomic mass is 35.6. The molecule has 0 heterocycles. The standard InChI is InChI=1S/C7H14O2.CHCl3/c1-2-3-4-5-6-7(8)9;2-1(3)4/h2-6H2,1H3,(H,8,9);1H. The number of hydrogen-bond donors (Lipinski definition) is 1. The van der Waals surface area contributed by atoms with Gasteiger partial charge in [0.2, 0.25) is 0 Å². The summed E-state index contributed by atoms with van der Waals surface area (Å²) in [6, 6.07) is 0. The van der Waals surface area contributed by atoms with Crippen LogP contribution in [0.4, 0.5) is 0 Å². The number of alkyl halides is 3. The molecule has 13 heavy (non-hydrogen) atoms. The van der Waals surface area contributed by atoms with E-state index in [2.05, 4.69) is 6.92 Å². The van der Waals surface area contributed by atoms with Crippen LogP contribution in [0.1, 0.15) is 39.0 Å². The summed E-state index contributed by atoms with van der Waals surface area (Å²) >= 11 is 14.4. The zero-order valence-electron chi connectivity index (χ0n) is 7.60. The maximum Gasteiger partial charge on any atom is 0.303 e. The maximum atomic E-state index is 9.96. The first-order valence-corrected chi connectivity index (χ1v) is 5.45. The minimum absolute atomic E-state index is 0.333. The SMILES string of the molecule is CCCCCCC(=O)O.ClC(Cl)Cl. The highest BCUT2D eigenvalue weighted by Crippen LogP contribution is 2.03. The topological polar surface area (TPSA) is 37.3 Å². The molecular weight excluding hydrogens is 234 g/mol. The lowest BCUT2D eigenvalue weighted by molar-refractivity contribution is -0.137. The molecule has 1 N–H and O–H groups in total. The van der Waals surface area contributed by atoms with Gasteiger partial charge in [-0.1, -0.05) is 61.0 Å². The Morgan fingerprint density at radius 3 is 2.00 bits per heavy atom. The van der Waals surface area contributed by atoms with E-state index >= 15 is 0 Å². The molecule has 0 unspecified atom stereocenters. The Morgan fingerprint density at radius 1 is 1.23 bits per heavy atom. The van der Waals surface area contributed by atoms with E-state index in [1.165, 1.54) is 6.42 Å². The molecule has 0 aliphatic carbocycles. The fourth-order valence-electron chi connectivity index (χ4n) is 0.703. The van der Waals surface area contributed by atoms with E-state index in [1.807, 2.05) is 0 Å². The van der Waals surface area contributed by atoms with Gasteiger partial charge in [-0.15, -0.1) is 0 Å². The zero-order chi connectivity index (χ0) is 10.7. The van der Waals surface area contributed by atoms with Crippen molar-refractivity contribution in [1.82, 2.24) is 0 Å². The van der Waals surface area contributed by atoms with E-state index in [1.54, 1.807) is 0 Å². The van der Waals surface area contributed by atoms with Crippen LogP contribution >= 0.6 is 34.8 Å². The molecular formula is C8H15Cl3O2. The Hall–Kier alpha value is 0.340. The molecule has 0 spiro atoms. The molecule has 2 nitrogen and oxygen atoms in total.